The van der Waals surface area contributed by atoms with Crippen molar-refractivity contribution < 1.29 is 4.79 Å². The number of hydrogen-bond donors (Lipinski definition) is 3. The van der Waals surface area contributed by atoms with Crippen LogP contribution < -0.4 is 16.0 Å². The first-order chi connectivity index (χ1) is 12.1. The second-order valence-electron chi connectivity index (χ2n) is 5.54. The summed E-state index contributed by atoms with van der Waals surface area (Å²) in [6, 6.07) is 17.0. The summed E-state index contributed by atoms with van der Waals surface area (Å²) in [5, 5.41) is 8.96. The van der Waals surface area contributed by atoms with Crippen molar-refractivity contribution in [2.24, 2.45) is 0 Å². The van der Waals surface area contributed by atoms with Crippen LogP contribution in [0.3, 0.4) is 0 Å². The van der Waals surface area contributed by atoms with Crippen LogP contribution in [0.25, 0.3) is 0 Å². The predicted octanol–water partition coefficient (Wildman–Crippen LogP) is 3.63. The number of carbonyl (C=O) groups is 1. The van der Waals surface area contributed by atoms with Gasteiger partial charge < -0.3 is 16.0 Å². The zero-order valence-corrected chi connectivity index (χ0v) is 14.1. The minimum absolute atomic E-state index is 0.139. The van der Waals surface area contributed by atoms with Gasteiger partial charge in [0.1, 0.15) is 5.82 Å². The summed E-state index contributed by atoms with van der Waals surface area (Å²) in [7, 11) is 1.60. The molecule has 6 heteroatoms. The van der Waals surface area contributed by atoms with Crippen molar-refractivity contribution in [1.82, 2.24) is 15.3 Å². The van der Waals surface area contributed by atoms with E-state index in [2.05, 4.69) is 25.9 Å². The molecule has 0 saturated heterocycles. The molecule has 0 atom stereocenters. The zero-order valence-electron chi connectivity index (χ0n) is 14.1. The van der Waals surface area contributed by atoms with Crippen LogP contribution in [0.5, 0.6) is 0 Å². The Morgan fingerprint density at radius 1 is 0.960 bits per heavy atom. The average Bonchev–Trinajstić information content (AvgIpc) is 2.63. The van der Waals surface area contributed by atoms with E-state index in [-0.39, 0.29) is 5.91 Å². The van der Waals surface area contributed by atoms with Crippen molar-refractivity contribution in [3.8, 4) is 0 Å². The van der Waals surface area contributed by atoms with Crippen LogP contribution in [-0.4, -0.2) is 22.9 Å². The van der Waals surface area contributed by atoms with Crippen LogP contribution in [0.1, 0.15) is 15.9 Å². The SMILES string of the molecule is CNC(=O)c1cccc(Nc2nccc(Nc3ccc(C)cc3)n2)c1. The minimum atomic E-state index is -0.139. The van der Waals surface area contributed by atoms with Gasteiger partial charge in [0.25, 0.3) is 5.91 Å². The van der Waals surface area contributed by atoms with E-state index in [1.807, 2.05) is 37.3 Å². The number of aromatic nitrogens is 2. The van der Waals surface area contributed by atoms with E-state index in [9.17, 15) is 4.79 Å². The van der Waals surface area contributed by atoms with Gasteiger partial charge in [-0.1, -0.05) is 23.8 Å². The highest BCUT2D eigenvalue weighted by atomic mass is 16.1. The Bertz CT molecular complexity index is 877. The lowest BCUT2D eigenvalue weighted by Crippen LogP contribution is -2.17. The van der Waals surface area contributed by atoms with E-state index in [1.165, 1.54) is 5.56 Å². The maximum absolute atomic E-state index is 11.7. The number of nitrogens with one attached hydrogen (secondary N) is 3. The third-order valence-corrected chi connectivity index (χ3v) is 3.59. The van der Waals surface area contributed by atoms with Crippen LogP contribution in [0.2, 0.25) is 0 Å². The molecule has 0 saturated carbocycles. The fourth-order valence-corrected chi connectivity index (χ4v) is 2.28. The molecule has 3 N–H and O–H groups in total. The van der Waals surface area contributed by atoms with E-state index < -0.39 is 0 Å². The van der Waals surface area contributed by atoms with E-state index in [0.29, 0.717) is 17.3 Å². The Labute approximate surface area is 146 Å². The van der Waals surface area contributed by atoms with Gasteiger partial charge in [-0.15, -0.1) is 0 Å². The van der Waals surface area contributed by atoms with Crippen molar-refractivity contribution in [2.45, 2.75) is 6.92 Å². The monoisotopic (exact) mass is 333 g/mol. The molecule has 126 valence electrons. The molecule has 0 spiro atoms. The molecule has 2 aromatic carbocycles. The Hall–Kier alpha value is -3.41. The maximum atomic E-state index is 11.7. The van der Waals surface area contributed by atoms with Gasteiger partial charge in [0.15, 0.2) is 0 Å². The van der Waals surface area contributed by atoms with Crippen molar-refractivity contribution in [3.05, 3.63) is 71.9 Å². The molecule has 0 aliphatic heterocycles. The van der Waals surface area contributed by atoms with Gasteiger partial charge in [-0.25, -0.2) is 4.98 Å². The second-order valence-corrected chi connectivity index (χ2v) is 5.54. The van der Waals surface area contributed by atoms with Gasteiger partial charge in [-0.2, -0.15) is 4.98 Å². The summed E-state index contributed by atoms with van der Waals surface area (Å²) in [5.74, 6) is 0.995. The van der Waals surface area contributed by atoms with E-state index in [1.54, 1.807) is 37.5 Å². The number of amides is 1. The molecule has 3 rings (SSSR count). The summed E-state index contributed by atoms with van der Waals surface area (Å²) >= 11 is 0. The number of anilines is 4. The van der Waals surface area contributed by atoms with Crippen LogP contribution in [0, 0.1) is 6.92 Å². The molecule has 0 bridgehead atoms. The maximum Gasteiger partial charge on any atom is 0.251 e. The third-order valence-electron chi connectivity index (χ3n) is 3.59. The van der Waals surface area contributed by atoms with Crippen LogP contribution in [0.4, 0.5) is 23.1 Å². The van der Waals surface area contributed by atoms with E-state index in [4.69, 9.17) is 0 Å². The molecule has 0 aliphatic rings. The van der Waals surface area contributed by atoms with Crippen molar-refractivity contribution in [3.63, 3.8) is 0 Å². The highest BCUT2D eigenvalue weighted by Crippen LogP contribution is 2.18. The molecular formula is C19H19N5O. The van der Waals surface area contributed by atoms with Crippen molar-refractivity contribution in [1.29, 1.82) is 0 Å². The largest absolute Gasteiger partial charge is 0.355 e. The molecule has 0 aliphatic carbocycles. The highest BCUT2D eigenvalue weighted by Gasteiger charge is 2.05. The quantitative estimate of drug-likeness (QED) is 0.664. The summed E-state index contributed by atoms with van der Waals surface area (Å²) in [6.07, 6.45) is 1.68. The minimum Gasteiger partial charge on any atom is -0.355 e. The molecule has 0 radical (unpaired) electrons. The van der Waals surface area contributed by atoms with Crippen molar-refractivity contribution >= 4 is 29.0 Å². The lowest BCUT2D eigenvalue weighted by atomic mass is 10.2. The van der Waals surface area contributed by atoms with Gasteiger partial charge in [0.05, 0.1) is 0 Å². The van der Waals surface area contributed by atoms with Gasteiger partial charge in [0.2, 0.25) is 5.95 Å². The van der Waals surface area contributed by atoms with E-state index in [0.717, 1.165) is 11.4 Å². The first kappa shape index (κ1) is 16.4. The van der Waals surface area contributed by atoms with Gasteiger partial charge in [0, 0.05) is 30.2 Å². The molecule has 3 aromatic rings. The molecule has 6 nitrogen and oxygen atoms in total. The number of benzene rings is 2. The van der Waals surface area contributed by atoms with Crippen LogP contribution >= 0.6 is 0 Å². The molecule has 1 amide bonds. The molecule has 1 heterocycles. The van der Waals surface area contributed by atoms with Crippen LogP contribution in [0.15, 0.2) is 60.8 Å². The Balaban J connectivity index is 1.75. The first-order valence-corrected chi connectivity index (χ1v) is 7.90. The molecule has 1 aromatic heterocycles. The lowest BCUT2D eigenvalue weighted by molar-refractivity contribution is 0.0963. The molecule has 25 heavy (non-hydrogen) atoms. The Morgan fingerprint density at radius 2 is 1.76 bits per heavy atom. The summed E-state index contributed by atoms with van der Waals surface area (Å²) in [6.45, 7) is 2.05. The van der Waals surface area contributed by atoms with Gasteiger partial charge >= 0.3 is 0 Å². The lowest BCUT2D eigenvalue weighted by Gasteiger charge is -2.09. The first-order valence-electron chi connectivity index (χ1n) is 7.90. The number of carbonyl (C=O) groups excluding carboxylic acids is 1. The van der Waals surface area contributed by atoms with Crippen molar-refractivity contribution in [2.75, 3.05) is 17.7 Å². The number of nitrogens with zero attached hydrogens (tertiary/aromatic N) is 2. The van der Waals surface area contributed by atoms with Crippen LogP contribution in [-0.2, 0) is 0 Å². The zero-order chi connectivity index (χ0) is 17.6. The van der Waals surface area contributed by atoms with Gasteiger partial charge in [-0.3, -0.25) is 4.79 Å². The summed E-state index contributed by atoms with van der Waals surface area (Å²) in [4.78, 5) is 20.4. The van der Waals surface area contributed by atoms with Gasteiger partial charge in [-0.05, 0) is 43.3 Å². The molecular weight excluding hydrogens is 314 g/mol. The predicted molar refractivity (Wildman–Crippen MR) is 99.6 cm³/mol. The molecule has 0 fully saturated rings. The standard InChI is InChI=1S/C19H19N5O/c1-13-6-8-15(9-7-13)22-17-10-11-21-19(24-17)23-16-5-3-4-14(12-16)18(25)20-2/h3-12H,1-2H3,(H,20,25)(H2,21,22,23,24). The third kappa shape index (κ3) is 4.32. The number of aryl methyl sites for hydroxylation is 1. The summed E-state index contributed by atoms with van der Waals surface area (Å²) < 4.78 is 0. The highest BCUT2D eigenvalue weighted by molar-refractivity contribution is 5.95. The smallest absolute Gasteiger partial charge is 0.251 e. The van der Waals surface area contributed by atoms with E-state index >= 15 is 0 Å². The normalized spacial score (nSPS) is 10.2. The number of hydrogen-bond acceptors (Lipinski definition) is 5. The topological polar surface area (TPSA) is 78.9 Å². The Morgan fingerprint density at radius 3 is 2.52 bits per heavy atom. The Kier molecular flexibility index (Phi) is 4.89. The fourth-order valence-electron chi connectivity index (χ4n) is 2.28. The number of rotatable bonds is 5. The average molecular weight is 333 g/mol. The second kappa shape index (κ2) is 7.44. The summed E-state index contributed by atoms with van der Waals surface area (Å²) in [5.41, 5.74) is 3.47. The molecule has 0 unspecified atom stereocenters. The fraction of sp³-hybridized carbons (Fsp3) is 0.105.